The Morgan fingerprint density at radius 2 is 1.90 bits per heavy atom. The number of guanidine groups is 1. The van der Waals surface area contributed by atoms with Crippen LogP contribution in [-0.4, -0.2) is 43.8 Å². The summed E-state index contributed by atoms with van der Waals surface area (Å²) in [5, 5.41) is 8.05. The van der Waals surface area contributed by atoms with Crippen LogP contribution in [0.5, 0.6) is 0 Å². The SMILES string of the molecule is CCNC(=NCC1(c2ccccc2)CCOCC1)NCCc1nc(C)c(C)s1.I. The molecule has 0 spiro atoms. The summed E-state index contributed by atoms with van der Waals surface area (Å²) in [5.74, 6) is 0.884. The van der Waals surface area contributed by atoms with Crippen molar-refractivity contribution < 1.29 is 4.74 Å². The zero-order valence-electron chi connectivity index (χ0n) is 17.7. The number of aryl methyl sites for hydroxylation is 2. The Morgan fingerprint density at radius 3 is 2.52 bits per heavy atom. The lowest BCUT2D eigenvalue weighted by atomic mass is 9.74. The van der Waals surface area contributed by atoms with Crippen molar-refractivity contribution >= 4 is 41.3 Å². The molecule has 0 amide bonds. The number of ether oxygens (including phenoxy) is 1. The molecule has 0 saturated carbocycles. The maximum Gasteiger partial charge on any atom is 0.191 e. The second kappa shape index (κ2) is 11.9. The molecular weight excluding hydrogens is 495 g/mol. The van der Waals surface area contributed by atoms with Crippen LogP contribution in [0.15, 0.2) is 35.3 Å². The fourth-order valence-corrected chi connectivity index (χ4v) is 4.53. The lowest BCUT2D eigenvalue weighted by molar-refractivity contribution is 0.0531. The minimum absolute atomic E-state index is 0. The molecule has 5 nitrogen and oxygen atoms in total. The fraction of sp³-hybridized carbons (Fsp3) is 0.545. The second-order valence-corrected chi connectivity index (χ2v) is 8.67. The maximum atomic E-state index is 5.64. The number of hydrogen-bond donors (Lipinski definition) is 2. The molecule has 2 N–H and O–H groups in total. The number of aromatic nitrogens is 1. The average Bonchev–Trinajstić information content (AvgIpc) is 3.05. The van der Waals surface area contributed by atoms with Crippen molar-refractivity contribution in [2.24, 2.45) is 4.99 Å². The van der Waals surface area contributed by atoms with Gasteiger partial charge in [-0.05, 0) is 39.2 Å². The third-order valence-corrected chi connectivity index (χ3v) is 6.56. The molecular formula is C22H33IN4OS. The first-order valence-electron chi connectivity index (χ1n) is 10.2. The Morgan fingerprint density at radius 1 is 1.17 bits per heavy atom. The molecule has 2 heterocycles. The Bertz CT molecular complexity index is 753. The lowest BCUT2D eigenvalue weighted by Gasteiger charge is -2.36. The van der Waals surface area contributed by atoms with Gasteiger partial charge in [0.05, 0.1) is 17.2 Å². The van der Waals surface area contributed by atoms with Crippen LogP contribution in [-0.2, 0) is 16.6 Å². The summed E-state index contributed by atoms with van der Waals surface area (Å²) in [4.78, 5) is 10.9. The van der Waals surface area contributed by atoms with Gasteiger partial charge in [0.1, 0.15) is 0 Å². The summed E-state index contributed by atoms with van der Waals surface area (Å²) in [6.45, 7) is 10.4. The minimum Gasteiger partial charge on any atom is -0.381 e. The zero-order valence-corrected chi connectivity index (χ0v) is 20.8. The maximum absolute atomic E-state index is 5.64. The van der Waals surface area contributed by atoms with Crippen LogP contribution in [0, 0.1) is 13.8 Å². The molecule has 1 saturated heterocycles. The van der Waals surface area contributed by atoms with Gasteiger partial charge < -0.3 is 15.4 Å². The first-order valence-corrected chi connectivity index (χ1v) is 11.0. The number of nitrogens with one attached hydrogen (secondary N) is 2. The number of nitrogens with zero attached hydrogens (tertiary/aromatic N) is 2. The lowest BCUT2D eigenvalue weighted by Crippen LogP contribution is -2.41. The first kappa shape index (κ1) is 24.1. The largest absolute Gasteiger partial charge is 0.381 e. The third kappa shape index (κ3) is 6.65. The van der Waals surface area contributed by atoms with Crippen LogP contribution >= 0.6 is 35.3 Å². The van der Waals surface area contributed by atoms with Gasteiger partial charge in [0.25, 0.3) is 0 Å². The van der Waals surface area contributed by atoms with Crippen molar-refractivity contribution in [1.82, 2.24) is 15.6 Å². The van der Waals surface area contributed by atoms with Gasteiger partial charge in [-0.25, -0.2) is 4.98 Å². The number of halogens is 1. The van der Waals surface area contributed by atoms with E-state index in [1.165, 1.54) is 15.4 Å². The van der Waals surface area contributed by atoms with Crippen molar-refractivity contribution in [3.63, 3.8) is 0 Å². The van der Waals surface area contributed by atoms with E-state index in [0.29, 0.717) is 0 Å². The Kier molecular flexibility index (Phi) is 9.85. The molecule has 1 fully saturated rings. The normalized spacial score (nSPS) is 16.2. The van der Waals surface area contributed by atoms with E-state index < -0.39 is 0 Å². The van der Waals surface area contributed by atoms with E-state index in [2.05, 4.69) is 66.7 Å². The van der Waals surface area contributed by atoms with E-state index in [1.807, 2.05) is 0 Å². The molecule has 1 aromatic heterocycles. The Balaban J connectivity index is 0.00000300. The topological polar surface area (TPSA) is 58.5 Å². The quantitative estimate of drug-likeness (QED) is 0.321. The fourth-order valence-electron chi connectivity index (χ4n) is 3.60. The van der Waals surface area contributed by atoms with E-state index in [4.69, 9.17) is 9.73 Å². The van der Waals surface area contributed by atoms with Crippen molar-refractivity contribution in [3.05, 3.63) is 51.5 Å². The van der Waals surface area contributed by atoms with Gasteiger partial charge in [-0.1, -0.05) is 30.3 Å². The van der Waals surface area contributed by atoms with Gasteiger partial charge in [0, 0.05) is 43.0 Å². The van der Waals surface area contributed by atoms with Gasteiger partial charge in [0.2, 0.25) is 0 Å². The molecule has 0 radical (unpaired) electrons. The highest BCUT2D eigenvalue weighted by Crippen LogP contribution is 2.35. The standard InChI is InChI=1S/C22H32N4OS.HI/c1-4-23-21(24-13-10-20-26-17(2)18(3)28-20)25-16-22(11-14-27-15-12-22)19-8-6-5-7-9-19;/h5-9H,4,10-16H2,1-3H3,(H2,23,24,25);1H. The van der Waals surface area contributed by atoms with Crippen molar-refractivity contribution in [2.75, 3.05) is 32.8 Å². The molecule has 0 atom stereocenters. The van der Waals surface area contributed by atoms with E-state index in [-0.39, 0.29) is 29.4 Å². The Labute approximate surface area is 195 Å². The molecule has 3 rings (SSSR count). The third-order valence-electron chi connectivity index (χ3n) is 5.42. The molecule has 0 unspecified atom stereocenters. The molecule has 0 bridgehead atoms. The highest BCUT2D eigenvalue weighted by Gasteiger charge is 2.34. The summed E-state index contributed by atoms with van der Waals surface area (Å²) in [5.41, 5.74) is 2.57. The van der Waals surface area contributed by atoms with Crippen molar-refractivity contribution in [1.29, 1.82) is 0 Å². The molecule has 1 aliphatic heterocycles. The number of rotatable bonds is 7. The average molecular weight is 529 g/mol. The van der Waals surface area contributed by atoms with E-state index >= 15 is 0 Å². The number of thiazole rings is 1. The van der Waals surface area contributed by atoms with E-state index in [1.54, 1.807) is 11.3 Å². The summed E-state index contributed by atoms with van der Waals surface area (Å²) in [7, 11) is 0. The van der Waals surface area contributed by atoms with Gasteiger partial charge in [0.15, 0.2) is 5.96 Å². The van der Waals surface area contributed by atoms with Crippen LogP contribution < -0.4 is 10.6 Å². The van der Waals surface area contributed by atoms with Crippen LogP contribution in [0.1, 0.15) is 40.9 Å². The van der Waals surface area contributed by atoms with Crippen molar-refractivity contribution in [3.8, 4) is 0 Å². The highest BCUT2D eigenvalue weighted by molar-refractivity contribution is 14.0. The number of benzene rings is 1. The van der Waals surface area contributed by atoms with Gasteiger partial charge in [-0.15, -0.1) is 35.3 Å². The molecule has 1 aliphatic rings. The smallest absolute Gasteiger partial charge is 0.191 e. The van der Waals surface area contributed by atoms with Crippen molar-refractivity contribution in [2.45, 2.75) is 45.4 Å². The summed E-state index contributed by atoms with van der Waals surface area (Å²) >= 11 is 1.79. The predicted molar refractivity (Wildman–Crippen MR) is 133 cm³/mol. The van der Waals surface area contributed by atoms with Gasteiger partial charge in [-0.3, -0.25) is 4.99 Å². The number of aliphatic imine (C=N–C) groups is 1. The van der Waals surface area contributed by atoms with Crippen LogP contribution in [0.2, 0.25) is 0 Å². The summed E-state index contributed by atoms with van der Waals surface area (Å²) in [6, 6.07) is 10.8. The molecule has 29 heavy (non-hydrogen) atoms. The predicted octanol–water partition coefficient (Wildman–Crippen LogP) is 4.22. The van der Waals surface area contributed by atoms with E-state index in [9.17, 15) is 0 Å². The Hall–Kier alpha value is -1.19. The van der Waals surface area contributed by atoms with Crippen LogP contribution in [0.25, 0.3) is 0 Å². The van der Waals surface area contributed by atoms with Gasteiger partial charge in [-0.2, -0.15) is 0 Å². The van der Waals surface area contributed by atoms with E-state index in [0.717, 1.165) is 63.8 Å². The molecule has 7 heteroatoms. The monoisotopic (exact) mass is 528 g/mol. The molecule has 0 aliphatic carbocycles. The first-order chi connectivity index (χ1) is 13.6. The second-order valence-electron chi connectivity index (χ2n) is 7.38. The minimum atomic E-state index is 0. The molecule has 2 aromatic rings. The van der Waals surface area contributed by atoms with Crippen LogP contribution in [0.4, 0.5) is 0 Å². The molecule has 160 valence electrons. The zero-order chi connectivity index (χ0) is 19.8. The van der Waals surface area contributed by atoms with Crippen LogP contribution in [0.3, 0.4) is 0 Å². The summed E-state index contributed by atoms with van der Waals surface area (Å²) < 4.78 is 5.64. The molecule has 1 aromatic carbocycles. The van der Waals surface area contributed by atoms with Gasteiger partial charge >= 0.3 is 0 Å². The highest BCUT2D eigenvalue weighted by atomic mass is 127. The number of hydrogen-bond acceptors (Lipinski definition) is 4. The summed E-state index contributed by atoms with van der Waals surface area (Å²) in [6.07, 6.45) is 2.94.